The minimum absolute atomic E-state index is 0.367. The highest BCUT2D eigenvalue weighted by atomic mass is 15.1. The number of hydrogen-bond donors (Lipinski definition) is 1. The second-order valence-electron chi connectivity index (χ2n) is 6.08. The maximum atomic E-state index is 5.72. The van der Waals surface area contributed by atoms with Crippen LogP contribution in [0, 0.1) is 11.3 Å². The maximum Gasteiger partial charge on any atom is 0.0543 e. The molecule has 3 nitrogen and oxygen atoms in total. The SMILES string of the molecule is CC1(C)CN(Cc2ccccn2)CCC1CCN. The molecule has 0 amide bonds. The molecular formula is C15H25N3. The molecule has 0 aliphatic carbocycles. The first-order valence-electron chi connectivity index (χ1n) is 6.94. The summed E-state index contributed by atoms with van der Waals surface area (Å²) in [7, 11) is 0. The van der Waals surface area contributed by atoms with E-state index in [0.717, 1.165) is 32.0 Å². The normalized spacial score (nSPS) is 24.1. The van der Waals surface area contributed by atoms with Gasteiger partial charge in [-0.3, -0.25) is 9.88 Å². The van der Waals surface area contributed by atoms with Crippen LogP contribution in [0.25, 0.3) is 0 Å². The van der Waals surface area contributed by atoms with Crippen molar-refractivity contribution in [2.24, 2.45) is 17.1 Å². The van der Waals surface area contributed by atoms with E-state index in [1.54, 1.807) is 0 Å². The zero-order valence-corrected chi connectivity index (χ0v) is 11.6. The van der Waals surface area contributed by atoms with Crippen LogP contribution in [0.4, 0.5) is 0 Å². The van der Waals surface area contributed by atoms with Crippen molar-refractivity contribution in [1.29, 1.82) is 0 Å². The van der Waals surface area contributed by atoms with Crippen LogP contribution in [-0.4, -0.2) is 29.5 Å². The largest absolute Gasteiger partial charge is 0.330 e. The van der Waals surface area contributed by atoms with Gasteiger partial charge >= 0.3 is 0 Å². The lowest BCUT2D eigenvalue weighted by molar-refractivity contribution is 0.0464. The summed E-state index contributed by atoms with van der Waals surface area (Å²) >= 11 is 0. The van der Waals surface area contributed by atoms with Crippen LogP contribution in [0.15, 0.2) is 24.4 Å². The number of rotatable bonds is 4. The molecule has 1 saturated heterocycles. The lowest BCUT2D eigenvalue weighted by atomic mass is 9.72. The van der Waals surface area contributed by atoms with E-state index in [4.69, 9.17) is 5.73 Å². The van der Waals surface area contributed by atoms with Crippen molar-refractivity contribution < 1.29 is 0 Å². The Balaban J connectivity index is 1.94. The van der Waals surface area contributed by atoms with E-state index < -0.39 is 0 Å². The molecule has 2 N–H and O–H groups in total. The van der Waals surface area contributed by atoms with Gasteiger partial charge in [0.05, 0.1) is 5.69 Å². The molecule has 2 heterocycles. The fourth-order valence-corrected chi connectivity index (χ4v) is 3.11. The van der Waals surface area contributed by atoms with E-state index in [2.05, 4.69) is 35.9 Å². The van der Waals surface area contributed by atoms with Gasteiger partial charge < -0.3 is 5.73 Å². The zero-order chi connectivity index (χ0) is 13.0. The molecule has 1 unspecified atom stereocenters. The summed E-state index contributed by atoms with van der Waals surface area (Å²) in [5.41, 5.74) is 7.25. The highest BCUT2D eigenvalue weighted by Gasteiger charge is 2.34. The van der Waals surface area contributed by atoms with Gasteiger partial charge in [-0.05, 0) is 49.4 Å². The third-order valence-corrected chi connectivity index (χ3v) is 4.16. The summed E-state index contributed by atoms with van der Waals surface area (Å²) in [5.74, 6) is 0.766. The molecule has 100 valence electrons. The second kappa shape index (κ2) is 5.81. The van der Waals surface area contributed by atoms with E-state index >= 15 is 0 Å². The third-order valence-electron chi connectivity index (χ3n) is 4.16. The Morgan fingerprint density at radius 3 is 2.89 bits per heavy atom. The van der Waals surface area contributed by atoms with Crippen molar-refractivity contribution in [1.82, 2.24) is 9.88 Å². The number of aromatic nitrogens is 1. The minimum atomic E-state index is 0.367. The van der Waals surface area contributed by atoms with E-state index in [1.807, 2.05) is 12.3 Å². The maximum absolute atomic E-state index is 5.72. The lowest BCUT2D eigenvalue weighted by Crippen LogP contribution is -2.45. The average molecular weight is 247 g/mol. The molecule has 2 rings (SSSR count). The van der Waals surface area contributed by atoms with Crippen molar-refractivity contribution in [3.05, 3.63) is 30.1 Å². The Bertz CT molecular complexity index is 361. The molecule has 1 aliphatic heterocycles. The van der Waals surface area contributed by atoms with Gasteiger partial charge in [0, 0.05) is 19.3 Å². The first-order valence-corrected chi connectivity index (χ1v) is 6.94. The summed E-state index contributed by atoms with van der Waals surface area (Å²) in [6, 6.07) is 6.15. The quantitative estimate of drug-likeness (QED) is 0.887. The molecule has 1 aromatic heterocycles. The molecular weight excluding hydrogens is 222 g/mol. The van der Waals surface area contributed by atoms with E-state index in [9.17, 15) is 0 Å². The fraction of sp³-hybridized carbons (Fsp3) is 0.667. The Morgan fingerprint density at radius 2 is 2.28 bits per heavy atom. The first-order chi connectivity index (χ1) is 8.62. The second-order valence-corrected chi connectivity index (χ2v) is 6.08. The van der Waals surface area contributed by atoms with Crippen LogP contribution in [0.2, 0.25) is 0 Å². The molecule has 0 saturated carbocycles. The monoisotopic (exact) mass is 247 g/mol. The molecule has 0 radical (unpaired) electrons. The van der Waals surface area contributed by atoms with Crippen molar-refractivity contribution in [2.45, 2.75) is 33.2 Å². The molecule has 1 fully saturated rings. The summed E-state index contributed by atoms with van der Waals surface area (Å²) in [6.07, 6.45) is 4.29. The van der Waals surface area contributed by atoms with Crippen LogP contribution in [-0.2, 0) is 6.54 Å². The summed E-state index contributed by atoms with van der Waals surface area (Å²) in [5, 5.41) is 0. The number of piperidine rings is 1. The third kappa shape index (κ3) is 3.30. The lowest BCUT2D eigenvalue weighted by Gasteiger charge is -2.44. The molecule has 0 aromatic carbocycles. The smallest absolute Gasteiger partial charge is 0.0543 e. The zero-order valence-electron chi connectivity index (χ0n) is 11.6. The van der Waals surface area contributed by atoms with Crippen molar-refractivity contribution in [2.75, 3.05) is 19.6 Å². The van der Waals surface area contributed by atoms with Crippen LogP contribution in [0.1, 0.15) is 32.4 Å². The average Bonchev–Trinajstić information content (AvgIpc) is 2.33. The number of pyridine rings is 1. The number of nitrogens with zero attached hydrogens (tertiary/aromatic N) is 2. The Morgan fingerprint density at radius 1 is 1.44 bits per heavy atom. The standard InChI is InChI=1S/C15H25N3/c1-15(2)12-18(10-7-13(15)6-8-16)11-14-5-3-4-9-17-14/h3-5,9,13H,6-8,10-12,16H2,1-2H3. The predicted octanol–water partition coefficient (Wildman–Crippen LogP) is 2.28. The van der Waals surface area contributed by atoms with Crippen LogP contribution >= 0.6 is 0 Å². The minimum Gasteiger partial charge on any atom is -0.330 e. The summed E-state index contributed by atoms with van der Waals surface area (Å²) in [6.45, 7) is 8.85. The Hall–Kier alpha value is -0.930. The Labute approximate surface area is 110 Å². The van der Waals surface area contributed by atoms with Gasteiger partial charge in [-0.25, -0.2) is 0 Å². The number of nitrogens with two attached hydrogens (primary N) is 1. The molecule has 18 heavy (non-hydrogen) atoms. The molecule has 1 aliphatic rings. The van der Waals surface area contributed by atoms with E-state index in [-0.39, 0.29) is 0 Å². The van der Waals surface area contributed by atoms with Crippen molar-refractivity contribution >= 4 is 0 Å². The van der Waals surface area contributed by atoms with Crippen LogP contribution in [0.3, 0.4) is 0 Å². The molecule has 1 atom stereocenters. The van der Waals surface area contributed by atoms with Gasteiger partial charge in [0.15, 0.2) is 0 Å². The number of likely N-dealkylation sites (tertiary alicyclic amines) is 1. The Kier molecular flexibility index (Phi) is 4.36. The van der Waals surface area contributed by atoms with E-state index in [1.165, 1.54) is 18.7 Å². The van der Waals surface area contributed by atoms with Gasteiger partial charge in [-0.15, -0.1) is 0 Å². The molecule has 1 aromatic rings. The van der Waals surface area contributed by atoms with Gasteiger partial charge in [-0.2, -0.15) is 0 Å². The topological polar surface area (TPSA) is 42.2 Å². The molecule has 0 spiro atoms. The van der Waals surface area contributed by atoms with Crippen molar-refractivity contribution in [3.63, 3.8) is 0 Å². The van der Waals surface area contributed by atoms with Gasteiger partial charge in [0.2, 0.25) is 0 Å². The van der Waals surface area contributed by atoms with Gasteiger partial charge in [-0.1, -0.05) is 19.9 Å². The fourth-order valence-electron chi connectivity index (χ4n) is 3.11. The first kappa shape index (κ1) is 13.5. The summed E-state index contributed by atoms with van der Waals surface area (Å²) in [4.78, 5) is 6.94. The van der Waals surface area contributed by atoms with Crippen LogP contribution in [0.5, 0.6) is 0 Å². The highest BCUT2D eigenvalue weighted by molar-refractivity contribution is 5.04. The van der Waals surface area contributed by atoms with Gasteiger partial charge in [0.1, 0.15) is 0 Å². The summed E-state index contributed by atoms with van der Waals surface area (Å²) < 4.78 is 0. The molecule has 0 bridgehead atoms. The predicted molar refractivity (Wildman–Crippen MR) is 75.1 cm³/mol. The molecule has 3 heteroatoms. The van der Waals surface area contributed by atoms with Gasteiger partial charge in [0.25, 0.3) is 0 Å². The highest BCUT2D eigenvalue weighted by Crippen LogP contribution is 2.37. The van der Waals surface area contributed by atoms with Crippen LogP contribution < -0.4 is 5.73 Å². The van der Waals surface area contributed by atoms with Crippen molar-refractivity contribution in [3.8, 4) is 0 Å². The number of hydrogen-bond acceptors (Lipinski definition) is 3. The van der Waals surface area contributed by atoms with E-state index in [0.29, 0.717) is 5.41 Å².